The van der Waals surface area contributed by atoms with E-state index in [1.54, 1.807) is 0 Å². The van der Waals surface area contributed by atoms with E-state index in [0.29, 0.717) is 12.1 Å². The summed E-state index contributed by atoms with van der Waals surface area (Å²) < 4.78 is 61.4. The third-order valence-corrected chi connectivity index (χ3v) is 3.35. The molecule has 0 aliphatic rings. The lowest BCUT2D eigenvalue weighted by atomic mass is 10.2. The van der Waals surface area contributed by atoms with Crippen LogP contribution in [0.15, 0.2) is 6.20 Å². The highest BCUT2D eigenvalue weighted by molar-refractivity contribution is 8.45. The Morgan fingerprint density at radius 1 is 1.17 bits per heavy atom. The van der Waals surface area contributed by atoms with Crippen LogP contribution in [-0.4, -0.2) is 20.7 Å². The molecule has 0 bridgehead atoms. The Kier molecular flexibility index (Phi) is 3.68. The van der Waals surface area contributed by atoms with Crippen molar-refractivity contribution >= 4 is 10.2 Å². The average molecular weight is 293 g/mol. The lowest BCUT2D eigenvalue weighted by Crippen LogP contribution is -2.13. The van der Waals surface area contributed by atoms with Gasteiger partial charge in [-0.05, 0) is 19.3 Å². The van der Waals surface area contributed by atoms with Crippen LogP contribution in [0.3, 0.4) is 0 Å². The number of unbranched alkanes of at least 4 members (excludes halogenated alkanes) is 1. The molecule has 1 rings (SSSR count). The van der Waals surface area contributed by atoms with Gasteiger partial charge in [0.25, 0.3) is 10.2 Å². The molecule has 0 atom stereocenters. The molecular weight excluding hydrogens is 277 g/mol. The number of hydrogen-bond donors (Lipinski definition) is 0. The molecule has 0 N–H and O–H groups in total. The predicted molar refractivity (Wildman–Crippen MR) is 61.2 cm³/mol. The van der Waals surface area contributed by atoms with E-state index in [4.69, 9.17) is 0 Å². The standard InChI is InChI=1S/C9H16F5N3S/c1-2-3-5-9-8-17(16-15-9)6-4-7-18(10,11,12,13)14/h8H,2-7H2,1H3. The van der Waals surface area contributed by atoms with Gasteiger partial charge in [-0.2, -0.15) is 0 Å². The van der Waals surface area contributed by atoms with Crippen molar-refractivity contribution in [3.8, 4) is 0 Å². The molecule has 0 unspecified atom stereocenters. The topological polar surface area (TPSA) is 30.7 Å². The Hall–Kier alpha value is -0.860. The zero-order chi connectivity index (χ0) is 13.9. The highest BCUT2D eigenvalue weighted by Crippen LogP contribution is 2.97. The Morgan fingerprint density at radius 2 is 1.83 bits per heavy atom. The summed E-state index contributed by atoms with van der Waals surface area (Å²) >= 11 is 0. The average Bonchev–Trinajstić information content (AvgIpc) is 2.58. The SMILES string of the molecule is CCCCc1cn(CCCS(F)(F)(F)(F)F)nn1. The zero-order valence-corrected chi connectivity index (χ0v) is 10.8. The largest absolute Gasteiger partial charge is 0.285 e. The van der Waals surface area contributed by atoms with Gasteiger partial charge in [0.05, 0.1) is 11.4 Å². The van der Waals surface area contributed by atoms with Crippen molar-refractivity contribution in [3.05, 3.63) is 11.9 Å². The van der Waals surface area contributed by atoms with E-state index in [1.165, 1.54) is 10.9 Å². The Labute approximate surface area is 102 Å². The van der Waals surface area contributed by atoms with Gasteiger partial charge in [0.15, 0.2) is 0 Å². The highest BCUT2D eigenvalue weighted by Gasteiger charge is 2.62. The van der Waals surface area contributed by atoms with Crippen molar-refractivity contribution in [2.75, 3.05) is 5.75 Å². The van der Waals surface area contributed by atoms with Crippen LogP contribution in [0.5, 0.6) is 0 Å². The van der Waals surface area contributed by atoms with Crippen LogP contribution < -0.4 is 0 Å². The van der Waals surface area contributed by atoms with E-state index in [9.17, 15) is 19.4 Å². The lowest BCUT2D eigenvalue weighted by Gasteiger charge is -2.40. The minimum absolute atomic E-state index is 0.204. The van der Waals surface area contributed by atoms with Gasteiger partial charge in [-0.3, -0.25) is 4.68 Å². The summed E-state index contributed by atoms with van der Waals surface area (Å²) in [6, 6.07) is 0. The second kappa shape index (κ2) is 4.36. The molecule has 0 saturated carbocycles. The fourth-order valence-corrected chi connectivity index (χ4v) is 2.09. The van der Waals surface area contributed by atoms with Crippen molar-refractivity contribution in [3.63, 3.8) is 0 Å². The normalized spacial score (nSPS) is 16.3. The van der Waals surface area contributed by atoms with Crippen LogP contribution in [0.25, 0.3) is 0 Å². The second-order valence-corrected chi connectivity index (χ2v) is 6.93. The number of nitrogens with zero attached hydrogens (tertiary/aromatic N) is 3. The van der Waals surface area contributed by atoms with Crippen molar-refractivity contribution in [2.45, 2.75) is 39.2 Å². The fraction of sp³-hybridized carbons (Fsp3) is 0.778. The smallest absolute Gasteiger partial charge is 0.252 e. The number of hydrogen-bond acceptors (Lipinski definition) is 2. The van der Waals surface area contributed by atoms with E-state index < -0.39 is 22.4 Å². The maximum absolute atomic E-state index is 12.0. The lowest BCUT2D eigenvalue weighted by molar-refractivity contribution is 0.359. The van der Waals surface area contributed by atoms with Crippen molar-refractivity contribution in [1.29, 1.82) is 0 Å². The molecule has 0 aromatic carbocycles. The first kappa shape index (κ1) is 15.2. The summed E-state index contributed by atoms with van der Waals surface area (Å²) in [4.78, 5) is 0. The zero-order valence-electron chi connectivity index (χ0n) is 9.96. The molecule has 1 aromatic rings. The molecule has 0 aliphatic carbocycles. The fourth-order valence-electron chi connectivity index (χ4n) is 1.42. The first-order chi connectivity index (χ1) is 7.99. The van der Waals surface area contributed by atoms with E-state index in [0.717, 1.165) is 12.8 Å². The van der Waals surface area contributed by atoms with Gasteiger partial charge in [0.1, 0.15) is 0 Å². The van der Waals surface area contributed by atoms with Gasteiger partial charge >= 0.3 is 0 Å². The molecule has 1 aromatic heterocycles. The maximum Gasteiger partial charge on any atom is 0.285 e. The molecule has 0 fully saturated rings. The summed E-state index contributed by atoms with van der Waals surface area (Å²) in [6.45, 7) is 1.80. The Balaban J connectivity index is 2.43. The molecule has 18 heavy (non-hydrogen) atoms. The molecule has 108 valence electrons. The van der Waals surface area contributed by atoms with Gasteiger partial charge in [0, 0.05) is 12.7 Å². The maximum atomic E-state index is 12.0. The van der Waals surface area contributed by atoms with E-state index in [-0.39, 0.29) is 6.54 Å². The first-order valence-electron chi connectivity index (χ1n) is 5.61. The number of rotatable bonds is 7. The third kappa shape index (κ3) is 6.77. The minimum atomic E-state index is -9.28. The Bertz CT molecular complexity index is 399. The summed E-state index contributed by atoms with van der Waals surface area (Å²) in [5.41, 5.74) is 0.671. The predicted octanol–water partition coefficient (Wildman–Crippen LogP) is 4.31. The van der Waals surface area contributed by atoms with Gasteiger partial charge < -0.3 is 0 Å². The van der Waals surface area contributed by atoms with E-state index in [1.807, 2.05) is 6.92 Å². The third-order valence-electron chi connectivity index (χ3n) is 2.29. The number of aromatic nitrogens is 3. The number of halogens is 5. The summed E-state index contributed by atoms with van der Waals surface area (Å²) in [7, 11) is -9.28. The summed E-state index contributed by atoms with van der Waals surface area (Å²) in [6.07, 6.45) is 3.38. The number of aryl methyl sites for hydroxylation is 2. The van der Waals surface area contributed by atoms with Crippen LogP contribution in [0, 0.1) is 0 Å². The van der Waals surface area contributed by atoms with Crippen LogP contribution in [0.4, 0.5) is 19.4 Å². The molecule has 0 saturated heterocycles. The molecule has 1 heterocycles. The summed E-state index contributed by atoms with van der Waals surface area (Å²) in [5.74, 6) is -2.05. The van der Waals surface area contributed by atoms with Gasteiger partial charge in [-0.1, -0.05) is 38.0 Å². The van der Waals surface area contributed by atoms with Crippen LogP contribution >= 0.6 is 10.2 Å². The molecule has 9 heteroatoms. The van der Waals surface area contributed by atoms with Crippen molar-refractivity contribution < 1.29 is 19.4 Å². The van der Waals surface area contributed by atoms with Crippen LogP contribution in [0.2, 0.25) is 0 Å². The van der Waals surface area contributed by atoms with E-state index >= 15 is 0 Å². The minimum Gasteiger partial charge on any atom is -0.252 e. The second-order valence-electron chi connectivity index (χ2n) is 4.26. The van der Waals surface area contributed by atoms with Crippen molar-refractivity contribution in [1.82, 2.24) is 15.0 Å². The quantitative estimate of drug-likeness (QED) is 0.701. The monoisotopic (exact) mass is 293 g/mol. The molecule has 0 amide bonds. The Morgan fingerprint density at radius 3 is 2.39 bits per heavy atom. The molecule has 3 nitrogen and oxygen atoms in total. The first-order valence-corrected chi connectivity index (χ1v) is 7.73. The summed E-state index contributed by atoms with van der Waals surface area (Å²) in [5, 5.41) is 7.36. The molecular formula is C9H16F5N3S. The molecule has 0 aliphatic heterocycles. The van der Waals surface area contributed by atoms with Crippen LogP contribution in [-0.2, 0) is 13.0 Å². The molecule has 0 spiro atoms. The van der Waals surface area contributed by atoms with Gasteiger partial charge in [-0.25, -0.2) is 0 Å². The van der Waals surface area contributed by atoms with Crippen LogP contribution in [0.1, 0.15) is 31.9 Å². The van der Waals surface area contributed by atoms with Gasteiger partial charge in [-0.15, -0.1) is 5.10 Å². The highest BCUT2D eigenvalue weighted by atomic mass is 32.5. The molecule has 0 radical (unpaired) electrons. The van der Waals surface area contributed by atoms with Gasteiger partial charge in [0.2, 0.25) is 0 Å². The van der Waals surface area contributed by atoms with Crippen molar-refractivity contribution in [2.24, 2.45) is 0 Å². The van der Waals surface area contributed by atoms with E-state index in [2.05, 4.69) is 10.3 Å².